The van der Waals surface area contributed by atoms with E-state index in [1.165, 1.54) is 16.0 Å². The molecule has 0 unspecified atom stereocenters. The summed E-state index contributed by atoms with van der Waals surface area (Å²) in [5, 5.41) is 15.4. The molecule has 0 aliphatic heterocycles. The van der Waals surface area contributed by atoms with Crippen LogP contribution in [0.5, 0.6) is 0 Å². The zero-order valence-electron chi connectivity index (χ0n) is 14.7. The minimum absolute atomic E-state index is 0.0853. The molecule has 3 aromatic rings. The van der Waals surface area contributed by atoms with Gasteiger partial charge in [-0.15, -0.1) is 11.3 Å². The summed E-state index contributed by atoms with van der Waals surface area (Å²) in [7, 11) is 0. The molecular weight excluding hydrogens is 376 g/mol. The van der Waals surface area contributed by atoms with Crippen LogP contribution in [0.4, 0.5) is 0 Å². The lowest BCUT2D eigenvalue weighted by molar-refractivity contribution is -0.123. The van der Waals surface area contributed by atoms with E-state index in [0.29, 0.717) is 11.4 Å². The van der Waals surface area contributed by atoms with Crippen molar-refractivity contribution >= 4 is 23.1 Å². The van der Waals surface area contributed by atoms with Crippen LogP contribution in [0.2, 0.25) is 0 Å². The number of aromatic nitrogens is 2. The zero-order chi connectivity index (χ0) is 20.1. The molecule has 0 spiro atoms. The number of rotatable bonds is 7. The average molecular weight is 392 g/mol. The first-order valence-corrected chi connectivity index (χ1v) is 9.12. The largest absolute Gasteiger partial charge is 0.453 e. The Kier molecular flexibility index (Phi) is 5.67. The Morgan fingerprint density at radius 2 is 2.04 bits per heavy atom. The van der Waals surface area contributed by atoms with Crippen molar-refractivity contribution in [2.45, 2.75) is 0 Å². The predicted octanol–water partition coefficient (Wildman–Crippen LogP) is 2.94. The van der Waals surface area contributed by atoms with E-state index in [0.717, 1.165) is 4.88 Å². The molecule has 0 saturated heterocycles. The van der Waals surface area contributed by atoms with E-state index in [1.807, 2.05) is 35.7 Å². The van der Waals surface area contributed by atoms with Crippen LogP contribution in [0.3, 0.4) is 0 Å². The molecule has 0 fully saturated rings. The summed E-state index contributed by atoms with van der Waals surface area (Å²) in [5.41, 5.74) is 6.80. The Balaban J connectivity index is 1.88. The Hall–Kier alpha value is -3.70. The molecule has 8 heteroatoms. The normalized spacial score (nSPS) is 11.4. The van der Waals surface area contributed by atoms with Crippen molar-refractivity contribution in [2.75, 3.05) is 6.61 Å². The van der Waals surface area contributed by atoms with Crippen molar-refractivity contribution < 1.29 is 14.3 Å². The van der Waals surface area contributed by atoms with E-state index in [1.54, 1.807) is 24.3 Å². The van der Waals surface area contributed by atoms with Gasteiger partial charge in [0.1, 0.15) is 11.6 Å². The highest BCUT2D eigenvalue weighted by molar-refractivity contribution is 7.13. The predicted molar refractivity (Wildman–Crippen MR) is 105 cm³/mol. The Morgan fingerprint density at radius 3 is 2.64 bits per heavy atom. The Morgan fingerprint density at radius 1 is 1.29 bits per heavy atom. The van der Waals surface area contributed by atoms with E-state index in [-0.39, 0.29) is 11.4 Å². The molecule has 1 atom stereocenters. The second-order valence-corrected chi connectivity index (χ2v) is 6.77. The number of carbonyl (C=O) groups excluding carboxylic acids is 2. The van der Waals surface area contributed by atoms with E-state index in [9.17, 15) is 9.59 Å². The highest BCUT2D eigenvalue weighted by atomic mass is 32.1. The van der Waals surface area contributed by atoms with Gasteiger partial charge in [0, 0.05) is 11.8 Å². The number of ether oxygens (including phenoxy) is 1. The maximum atomic E-state index is 12.6. The van der Waals surface area contributed by atoms with Crippen LogP contribution >= 0.6 is 11.3 Å². The smallest absolute Gasteiger partial charge is 0.357 e. The van der Waals surface area contributed by atoms with E-state index in [2.05, 4.69) is 11.7 Å². The van der Waals surface area contributed by atoms with Crippen molar-refractivity contribution in [1.82, 2.24) is 9.78 Å². The van der Waals surface area contributed by atoms with Crippen LogP contribution in [-0.4, -0.2) is 28.1 Å². The number of nitrogens with two attached hydrogens (primary N) is 1. The van der Waals surface area contributed by atoms with Gasteiger partial charge in [0.05, 0.1) is 16.6 Å². The number of benzene rings is 1. The molecule has 140 valence electrons. The molecule has 2 heterocycles. The number of nitrogens with zero attached hydrogens (tertiary/aromatic N) is 3. The summed E-state index contributed by atoms with van der Waals surface area (Å²) in [5.74, 6) is -2.58. The molecule has 0 saturated carbocycles. The molecule has 0 radical (unpaired) electrons. The standard InChI is InChI=1S/C20H16N4O3S/c1-13(22)15(11-21)18(25)12-27-20(26)17-10-16(19-8-5-9-28-19)23-24(17)14-6-3-2-4-7-14/h2-10,15H,1,12,22H2/t15-/m0/s1. The summed E-state index contributed by atoms with van der Waals surface area (Å²) in [4.78, 5) is 25.6. The lowest BCUT2D eigenvalue weighted by atomic mass is 10.0. The van der Waals surface area contributed by atoms with Crippen LogP contribution in [0.1, 0.15) is 10.5 Å². The fourth-order valence-electron chi connectivity index (χ4n) is 2.49. The van der Waals surface area contributed by atoms with Gasteiger partial charge in [-0.2, -0.15) is 10.4 Å². The minimum atomic E-state index is -1.21. The number of nitriles is 1. The molecule has 2 N–H and O–H groups in total. The third-order valence-electron chi connectivity index (χ3n) is 3.86. The number of para-hydroxylation sites is 1. The molecule has 3 rings (SSSR count). The fraction of sp³-hybridized carbons (Fsp3) is 0.100. The van der Waals surface area contributed by atoms with E-state index >= 15 is 0 Å². The van der Waals surface area contributed by atoms with Gasteiger partial charge in [-0.05, 0) is 23.6 Å². The zero-order valence-corrected chi connectivity index (χ0v) is 15.6. The van der Waals surface area contributed by atoms with Crippen LogP contribution in [0, 0.1) is 17.2 Å². The number of esters is 1. The summed E-state index contributed by atoms with van der Waals surface area (Å²) in [6, 6.07) is 16.2. The summed E-state index contributed by atoms with van der Waals surface area (Å²) < 4.78 is 6.59. The first-order chi connectivity index (χ1) is 13.5. The maximum Gasteiger partial charge on any atom is 0.357 e. The molecule has 0 amide bonds. The molecule has 1 aromatic carbocycles. The topological polar surface area (TPSA) is 111 Å². The molecule has 2 aromatic heterocycles. The van der Waals surface area contributed by atoms with Crippen molar-refractivity contribution in [3.05, 3.63) is 71.9 Å². The summed E-state index contributed by atoms with van der Waals surface area (Å²) in [6.45, 7) is 2.82. The number of allylic oxidation sites excluding steroid dienone is 1. The maximum absolute atomic E-state index is 12.6. The number of carbonyl (C=O) groups is 2. The number of hydrogen-bond donors (Lipinski definition) is 1. The van der Waals surface area contributed by atoms with Gasteiger partial charge >= 0.3 is 5.97 Å². The van der Waals surface area contributed by atoms with E-state index < -0.39 is 24.3 Å². The van der Waals surface area contributed by atoms with Crippen LogP contribution in [0.15, 0.2) is 66.2 Å². The highest BCUT2D eigenvalue weighted by Crippen LogP contribution is 2.26. The number of ketones is 1. The molecular formula is C20H16N4O3S. The van der Waals surface area contributed by atoms with Crippen molar-refractivity contribution in [1.29, 1.82) is 5.26 Å². The van der Waals surface area contributed by atoms with Crippen molar-refractivity contribution in [2.24, 2.45) is 11.7 Å². The number of Topliss-reactive ketones (excluding diaryl/α,β-unsaturated/α-hetero) is 1. The van der Waals surface area contributed by atoms with Crippen molar-refractivity contribution in [3.63, 3.8) is 0 Å². The second kappa shape index (κ2) is 8.33. The lowest BCUT2D eigenvalue weighted by Gasteiger charge is -2.09. The van der Waals surface area contributed by atoms with E-state index in [4.69, 9.17) is 15.7 Å². The Labute approximate surface area is 165 Å². The minimum Gasteiger partial charge on any atom is -0.453 e. The fourth-order valence-corrected chi connectivity index (χ4v) is 3.17. The molecule has 0 aliphatic rings. The van der Waals surface area contributed by atoms with Gasteiger partial charge in [-0.3, -0.25) is 4.79 Å². The molecule has 28 heavy (non-hydrogen) atoms. The van der Waals surface area contributed by atoms with Gasteiger partial charge in [0.25, 0.3) is 0 Å². The van der Waals surface area contributed by atoms with Crippen LogP contribution in [-0.2, 0) is 9.53 Å². The quantitative estimate of drug-likeness (QED) is 0.619. The lowest BCUT2D eigenvalue weighted by Crippen LogP contribution is -2.25. The highest BCUT2D eigenvalue weighted by Gasteiger charge is 2.24. The molecule has 7 nitrogen and oxygen atoms in total. The Bertz CT molecular complexity index is 1050. The number of hydrogen-bond acceptors (Lipinski definition) is 7. The monoisotopic (exact) mass is 392 g/mol. The van der Waals surface area contributed by atoms with Gasteiger partial charge in [-0.25, -0.2) is 9.48 Å². The van der Waals surface area contributed by atoms with Crippen LogP contribution < -0.4 is 5.73 Å². The average Bonchev–Trinajstić information content (AvgIpc) is 3.36. The third-order valence-corrected chi connectivity index (χ3v) is 4.75. The summed E-state index contributed by atoms with van der Waals surface area (Å²) in [6.07, 6.45) is 0. The van der Waals surface area contributed by atoms with Crippen LogP contribution in [0.25, 0.3) is 16.3 Å². The third kappa shape index (κ3) is 4.00. The summed E-state index contributed by atoms with van der Waals surface area (Å²) >= 11 is 1.49. The second-order valence-electron chi connectivity index (χ2n) is 5.82. The SMILES string of the molecule is C=C(N)[C@H](C#N)C(=O)COC(=O)c1cc(-c2cccs2)nn1-c1ccccc1. The molecule has 0 bridgehead atoms. The first-order valence-electron chi connectivity index (χ1n) is 8.24. The van der Waals surface area contributed by atoms with Crippen molar-refractivity contribution in [3.8, 4) is 22.3 Å². The van der Waals surface area contributed by atoms with Gasteiger partial charge < -0.3 is 10.5 Å². The number of thiophene rings is 1. The molecule has 0 aliphatic carbocycles. The van der Waals surface area contributed by atoms with Gasteiger partial charge in [0.2, 0.25) is 0 Å². The first kappa shape index (κ1) is 19.1. The van der Waals surface area contributed by atoms with Gasteiger partial charge in [0.15, 0.2) is 18.1 Å². The van der Waals surface area contributed by atoms with Gasteiger partial charge in [-0.1, -0.05) is 30.8 Å².